The van der Waals surface area contributed by atoms with Crippen LogP contribution >= 0.6 is 12.4 Å². The van der Waals surface area contributed by atoms with Gasteiger partial charge in [-0.05, 0) is 75.9 Å². The highest BCUT2D eigenvalue weighted by atomic mass is 35.5. The molecule has 0 spiro atoms. The minimum atomic E-state index is -0.988. The Morgan fingerprint density at radius 3 is 1.72 bits per heavy atom. The molecule has 0 radical (unpaired) electrons. The van der Waals surface area contributed by atoms with Gasteiger partial charge in [-0.3, -0.25) is 4.79 Å². The van der Waals surface area contributed by atoms with Crippen molar-refractivity contribution >= 4 is 24.3 Å². The first-order chi connectivity index (χ1) is 28.7. The molecule has 6 aromatic rings. The van der Waals surface area contributed by atoms with E-state index in [1.807, 2.05) is 30.0 Å². The highest BCUT2D eigenvalue weighted by molar-refractivity contribution is 5.98. The zero-order chi connectivity index (χ0) is 41.6. The molecular formula is C42H43ClN12O5. The lowest BCUT2D eigenvalue weighted by molar-refractivity contribution is 0.0372. The number of hydrogen-bond donors (Lipinski definition) is 2. The van der Waals surface area contributed by atoms with Crippen LogP contribution in [0.2, 0.25) is 0 Å². The van der Waals surface area contributed by atoms with Gasteiger partial charge in [0.1, 0.15) is 17.9 Å². The van der Waals surface area contributed by atoms with Crippen molar-refractivity contribution in [2.24, 2.45) is 0 Å². The molecule has 0 aliphatic carbocycles. The number of carboxylic acids is 1. The van der Waals surface area contributed by atoms with Gasteiger partial charge in [-0.2, -0.15) is 40.5 Å². The van der Waals surface area contributed by atoms with Gasteiger partial charge in [0.15, 0.2) is 0 Å². The molecular weight excluding hydrogens is 788 g/mol. The number of aromatic nitrogens is 8. The van der Waals surface area contributed by atoms with E-state index in [1.165, 1.54) is 28.1 Å². The number of piperidine rings is 2. The van der Waals surface area contributed by atoms with Gasteiger partial charge in [0.25, 0.3) is 5.91 Å². The van der Waals surface area contributed by atoms with E-state index in [0.717, 1.165) is 32.2 Å². The fourth-order valence-corrected chi connectivity index (χ4v) is 6.45. The Morgan fingerprint density at radius 1 is 0.700 bits per heavy atom. The third-order valence-electron chi connectivity index (χ3n) is 9.56. The Morgan fingerprint density at radius 2 is 1.20 bits per heavy atom. The molecule has 0 unspecified atom stereocenters. The number of carboxylic acid groups (broad SMARTS) is 1. The van der Waals surface area contributed by atoms with Crippen LogP contribution in [-0.2, 0) is 0 Å². The van der Waals surface area contributed by atoms with Crippen LogP contribution in [0, 0.1) is 22.7 Å². The van der Waals surface area contributed by atoms with E-state index in [2.05, 4.69) is 54.7 Å². The number of aromatic carboxylic acids is 1. The summed E-state index contributed by atoms with van der Waals surface area (Å²) >= 11 is 0. The van der Waals surface area contributed by atoms with Crippen molar-refractivity contribution < 1.29 is 24.2 Å². The number of nitrogens with zero attached hydrogens (tertiary/aromatic N) is 11. The molecule has 60 heavy (non-hydrogen) atoms. The molecule has 2 aliphatic rings. The van der Waals surface area contributed by atoms with Gasteiger partial charge in [0, 0.05) is 43.2 Å². The number of pyridine rings is 2. The second-order valence-electron chi connectivity index (χ2n) is 13.7. The maximum absolute atomic E-state index is 13.4. The number of amides is 1. The number of likely N-dealkylation sites (tertiary alicyclic amines) is 1. The summed E-state index contributed by atoms with van der Waals surface area (Å²) in [6.45, 7) is 5.50. The number of benzene rings is 2. The molecule has 308 valence electrons. The van der Waals surface area contributed by atoms with Crippen LogP contribution in [0.15, 0.2) is 110 Å². The average Bonchev–Trinajstić information content (AvgIpc) is 4.02. The summed E-state index contributed by atoms with van der Waals surface area (Å²) < 4.78 is 11.7. The summed E-state index contributed by atoms with van der Waals surface area (Å²) in [4.78, 5) is 37.1. The van der Waals surface area contributed by atoms with Crippen LogP contribution in [0.25, 0.3) is 11.4 Å². The Balaban J connectivity index is 0.000000186. The molecule has 2 aromatic carbocycles. The van der Waals surface area contributed by atoms with Crippen LogP contribution in [0.1, 0.15) is 71.4 Å². The third-order valence-corrected chi connectivity index (χ3v) is 9.56. The fourth-order valence-electron chi connectivity index (χ4n) is 6.45. The summed E-state index contributed by atoms with van der Waals surface area (Å²) in [6.07, 6.45) is 13.1. The molecule has 2 fully saturated rings. The van der Waals surface area contributed by atoms with E-state index in [9.17, 15) is 9.59 Å². The van der Waals surface area contributed by atoms with Crippen molar-refractivity contribution in [1.29, 1.82) is 10.5 Å². The number of halogens is 1. The molecule has 0 saturated carbocycles. The summed E-state index contributed by atoms with van der Waals surface area (Å²) in [7, 11) is 0. The van der Waals surface area contributed by atoms with Crippen LogP contribution in [-0.4, -0.2) is 99.2 Å². The van der Waals surface area contributed by atoms with Gasteiger partial charge in [-0.15, -0.1) is 12.4 Å². The van der Waals surface area contributed by atoms with Gasteiger partial charge < -0.3 is 24.8 Å². The number of ether oxygens (including phenoxy) is 2. The number of carbonyl (C=O) groups is 2. The average molecular weight is 831 g/mol. The van der Waals surface area contributed by atoms with E-state index in [1.54, 1.807) is 73.3 Å². The predicted molar refractivity (Wildman–Crippen MR) is 220 cm³/mol. The standard InChI is InChI=1S/C21H20N6O2.C12H15N3O.C9H7N3O2.ClH/c1-15-6-7-17(29-20-12-16(13-22)8-9-23-20)14-26(15)21(28)18-4-2-3-5-19(18)27-24-10-11-25-27;1-9-2-3-11(8-15-9)16-12-6-10(7-13)4-5-14-12;13-9(14)7-3-1-2-4-8(7)12-10-5-6-11-12;/h2-5,8-12,15,17H,6-7,14H2,1H3;4-6,9,11,15H,2-3,8H2,1H3;1-6H,(H,13,14);1H/t15-,17-;9-,11-;;/m11../s1. The van der Waals surface area contributed by atoms with Crippen molar-refractivity contribution in [3.05, 3.63) is 132 Å². The molecule has 2 saturated heterocycles. The largest absolute Gasteiger partial charge is 0.478 e. The number of rotatable bonds is 8. The third kappa shape index (κ3) is 11.7. The Bertz CT molecular complexity index is 2390. The number of carbonyl (C=O) groups excluding carboxylic acids is 1. The molecule has 4 aromatic heterocycles. The van der Waals surface area contributed by atoms with Crippen molar-refractivity contribution in [2.45, 2.75) is 63.8 Å². The maximum Gasteiger partial charge on any atom is 0.337 e. The van der Waals surface area contributed by atoms with E-state index < -0.39 is 5.97 Å². The molecule has 4 atom stereocenters. The monoisotopic (exact) mass is 830 g/mol. The Hall–Kier alpha value is -7.21. The number of para-hydroxylation sites is 2. The smallest absolute Gasteiger partial charge is 0.337 e. The maximum atomic E-state index is 13.4. The normalized spacial score (nSPS) is 18.0. The zero-order valence-electron chi connectivity index (χ0n) is 32.9. The highest BCUT2D eigenvalue weighted by Gasteiger charge is 2.32. The highest BCUT2D eigenvalue weighted by Crippen LogP contribution is 2.25. The van der Waals surface area contributed by atoms with Gasteiger partial charge in [0.05, 0.1) is 71.4 Å². The van der Waals surface area contributed by atoms with E-state index in [0.29, 0.717) is 52.4 Å². The van der Waals surface area contributed by atoms with Gasteiger partial charge in [-0.1, -0.05) is 24.3 Å². The zero-order valence-corrected chi connectivity index (χ0v) is 33.7. The minimum Gasteiger partial charge on any atom is -0.478 e. The fraction of sp³-hybridized carbons (Fsp3) is 0.286. The first kappa shape index (κ1) is 43.9. The van der Waals surface area contributed by atoms with Gasteiger partial charge in [0.2, 0.25) is 11.8 Å². The first-order valence-electron chi connectivity index (χ1n) is 19.0. The van der Waals surface area contributed by atoms with Crippen molar-refractivity contribution in [3.63, 3.8) is 0 Å². The lowest BCUT2D eigenvalue weighted by Crippen LogP contribution is -2.49. The lowest BCUT2D eigenvalue weighted by Gasteiger charge is -2.38. The Kier molecular flexibility index (Phi) is 15.7. The minimum absolute atomic E-state index is 0. The molecule has 2 N–H and O–H groups in total. The molecule has 0 bridgehead atoms. The molecule has 6 heterocycles. The predicted octanol–water partition coefficient (Wildman–Crippen LogP) is 5.47. The van der Waals surface area contributed by atoms with Crippen LogP contribution in [0.3, 0.4) is 0 Å². The molecule has 8 rings (SSSR count). The van der Waals surface area contributed by atoms with Gasteiger partial charge >= 0.3 is 5.97 Å². The second-order valence-corrected chi connectivity index (χ2v) is 13.7. The SMILES string of the molecule is C[C@@H]1CC[C@@H](Oc2cc(C#N)ccn2)CN1.C[C@@H]1CC[C@@H](Oc2cc(C#N)ccn2)CN1C(=O)c1ccccc1-n1nccn1.Cl.O=C(O)c1ccccc1-n1nccn1. The van der Waals surface area contributed by atoms with Crippen molar-refractivity contribution in [2.75, 3.05) is 13.1 Å². The van der Waals surface area contributed by atoms with E-state index in [-0.39, 0.29) is 42.1 Å². The summed E-state index contributed by atoms with van der Waals surface area (Å²) in [6, 6.07) is 25.3. The summed E-state index contributed by atoms with van der Waals surface area (Å²) in [5.41, 5.74) is 2.91. The van der Waals surface area contributed by atoms with E-state index >= 15 is 0 Å². The quantitative estimate of drug-likeness (QED) is 0.194. The number of nitrogens with one attached hydrogen (secondary N) is 1. The van der Waals surface area contributed by atoms with Crippen LogP contribution in [0.4, 0.5) is 0 Å². The second kappa shape index (κ2) is 21.5. The summed E-state index contributed by atoms with van der Waals surface area (Å²) in [5.74, 6) is -0.132. The molecule has 2 aliphatic heterocycles. The van der Waals surface area contributed by atoms with Crippen LogP contribution < -0.4 is 14.8 Å². The molecule has 18 heteroatoms. The molecule has 1 amide bonds. The van der Waals surface area contributed by atoms with E-state index in [4.69, 9.17) is 25.1 Å². The van der Waals surface area contributed by atoms with Gasteiger partial charge in [-0.25, -0.2) is 14.8 Å². The first-order valence-corrected chi connectivity index (χ1v) is 19.0. The van der Waals surface area contributed by atoms with Crippen molar-refractivity contribution in [3.8, 4) is 35.3 Å². The number of nitriles is 2. The summed E-state index contributed by atoms with van der Waals surface area (Å²) in [5, 5.41) is 46.1. The molecule has 17 nitrogen and oxygen atoms in total. The number of hydrogen-bond acceptors (Lipinski definition) is 13. The lowest BCUT2D eigenvalue weighted by atomic mass is 9.99. The van der Waals surface area contributed by atoms with Crippen molar-refractivity contribution in [1.82, 2.24) is 50.2 Å². The Labute approximate surface area is 352 Å². The van der Waals surface area contributed by atoms with Crippen LogP contribution in [0.5, 0.6) is 11.8 Å². The topological polar surface area (TPSA) is 223 Å².